The lowest BCUT2D eigenvalue weighted by Crippen LogP contribution is -2.41. The number of methoxy groups -OCH3 is 1. The summed E-state index contributed by atoms with van der Waals surface area (Å²) in [6.07, 6.45) is 3.23. The number of hydrogen-bond acceptors (Lipinski definition) is 5. The molecule has 0 saturated carbocycles. The lowest BCUT2D eigenvalue weighted by molar-refractivity contribution is 0.0973. The molecule has 0 aliphatic carbocycles. The van der Waals surface area contributed by atoms with Gasteiger partial charge in [-0.1, -0.05) is 30.3 Å². The summed E-state index contributed by atoms with van der Waals surface area (Å²) < 4.78 is 7.12. The molecule has 0 saturated heterocycles. The van der Waals surface area contributed by atoms with Crippen LogP contribution in [0.2, 0.25) is 0 Å². The Hall–Kier alpha value is -3.97. The molecular weight excluding hydrogens is 390 g/mol. The Balaban J connectivity index is 1.66. The van der Waals surface area contributed by atoms with Crippen LogP contribution in [0.3, 0.4) is 0 Å². The Labute approximate surface area is 179 Å². The van der Waals surface area contributed by atoms with Crippen molar-refractivity contribution in [2.24, 2.45) is 0 Å². The largest absolute Gasteiger partial charge is 0.497 e. The van der Waals surface area contributed by atoms with Crippen LogP contribution >= 0.6 is 0 Å². The topological polar surface area (TPSA) is 72.3 Å². The van der Waals surface area contributed by atoms with E-state index >= 15 is 0 Å². The highest BCUT2D eigenvalue weighted by Gasteiger charge is 2.39. The van der Waals surface area contributed by atoms with Crippen LogP contribution in [-0.2, 0) is 0 Å². The Morgan fingerprint density at radius 3 is 2.39 bits per heavy atom. The first kappa shape index (κ1) is 19.0. The first-order valence-corrected chi connectivity index (χ1v) is 9.97. The molecule has 1 N–H and O–H groups in total. The summed E-state index contributed by atoms with van der Waals surface area (Å²) in [7, 11) is 1.64. The van der Waals surface area contributed by atoms with E-state index < -0.39 is 0 Å². The van der Waals surface area contributed by atoms with E-state index in [1.807, 2.05) is 66.2 Å². The highest BCUT2D eigenvalue weighted by molar-refractivity contribution is 6.06. The average Bonchev–Trinajstić information content (AvgIpc) is 3.39. The zero-order valence-corrected chi connectivity index (χ0v) is 17.2. The van der Waals surface area contributed by atoms with Crippen molar-refractivity contribution < 1.29 is 9.53 Å². The molecule has 3 heterocycles. The zero-order chi connectivity index (χ0) is 21.4. The van der Waals surface area contributed by atoms with Crippen molar-refractivity contribution in [2.45, 2.75) is 13.0 Å². The van der Waals surface area contributed by atoms with Crippen LogP contribution in [0.1, 0.15) is 33.2 Å². The number of aromatic nitrogens is 3. The van der Waals surface area contributed by atoms with Gasteiger partial charge in [-0.15, -0.1) is 0 Å². The van der Waals surface area contributed by atoms with Gasteiger partial charge in [0.1, 0.15) is 5.75 Å². The van der Waals surface area contributed by atoms with Crippen molar-refractivity contribution in [3.63, 3.8) is 0 Å². The molecule has 1 atom stereocenters. The number of aryl methyl sites for hydroxylation is 1. The molecule has 0 radical (unpaired) electrons. The summed E-state index contributed by atoms with van der Waals surface area (Å²) >= 11 is 0. The van der Waals surface area contributed by atoms with Crippen LogP contribution in [0.15, 0.2) is 79.1 Å². The molecule has 0 bridgehead atoms. The van der Waals surface area contributed by atoms with E-state index in [0.29, 0.717) is 11.4 Å². The predicted octanol–water partition coefficient (Wildman–Crippen LogP) is 3.84. The maximum Gasteiger partial charge on any atom is 0.274 e. The number of fused-ring (bicyclic) bond motifs is 1. The first-order valence-electron chi connectivity index (χ1n) is 9.97. The van der Waals surface area contributed by atoms with Crippen LogP contribution < -0.4 is 15.2 Å². The van der Waals surface area contributed by atoms with Gasteiger partial charge in [0.25, 0.3) is 5.91 Å². The average molecular weight is 411 g/mol. The van der Waals surface area contributed by atoms with Crippen molar-refractivity contribution in [1.82, 2.24) is 20.2 Å². The molecule has 7 heteroatoms. The smallest absolute Gasteiger partial charge is 0.274 e. The molecular formula is C24H21N5O2. The number of nitrogens with zero attached hydrogens (tertiary/aromatic N) is 4. The van der Waals surface area contributed by atoms with Gasteiger partial charge in [-0.05, 0) is 48.9 Å². The number of nitrogens with one attached hydrogen (secondary N) is 1. The highest BCUT2D eigenvalue weighted by atomic mass is 16.5. The summed E-state index contributed by atoms with van der Waals surface area (Å²) in [5.74, 6) is 1.33. The predicted molar refractivity (Wildman–Crippen MR) is 117 cm³/mol. The number of anilines is 1. The van der Waals surface area contributed by atoms with Crippen molar-refractivity contribution in [1.29, 1.82) is 0 Å². The van der Waals surface area contributed by atoms with Gasteiger partial charge < -0.3 is 4.74 Å². The molecule has 31 heavy (non-hydrogen) atoms. The third kappa shape index (κ3) is 3.25. The van der Waals surface area contributed by atoms with Crippen molar-refractivity contribution in [3.05, 3.63) is 102 Å². The molecule has 1 amide bonds. The molecule has 0 spiro atoms. The molecule has 4 aromatic rings. The van der Waals surface area contributed by atoms with E-state index in [-0.39, 0.29) is 11.9 Å². The Morgan fingerprint density at radius 1 is 1.00 bits per heavy atom. The fraction of sp³-hybridized carbons (Fsp3) is 0.125. The minimum absolute atomic E-state index is 0.170. The number of amides is 1. The van der Waals surface area contributed by atoms with Gasteiger partial charge in [0, 0.05) is 23.5 Å². The second kappa shape index (κ2) is 7.70. The lowest BCUT2D eigenvalue weighted by atomic mass is 10.0. The minimum Gasteiger partial charge on any atom is -0.497 e. The standard InChI is InChI=1S/C24H21N5O2/c1-16-21-22(17-8-10-20(31-2)11-9-17)27-29(24(30)18-12-14-25-15-13-18)23(21)28(26-16)19-6-4-3-5-7-19/h3-15,22,27H,1-2H3. The Bertz CT molecular complexity index is 1220. The molecule has 5 rings (SSSR count). The van der Waals surface area contributed by atoms with E-state index in [2.05, 4.69) is 10.4 Å². The molecule has 7 nitrogen and oxygen atoms in total. The number of para-hydroxylation sites is 1. The maximum absolute atomic E-state index is 13.5. The van der Waals surface area contributed by atoms with E-state index in [0.717, 1.165) is 28.3 Å². The van der Waals surface area contributed by atoms with Crippen LogP contribution in [0.5, 0.6) is 5.75 Å². The second-order valence-electron chi connectivity index (χ2n) is 7.28. The normalized spacial score (nSPS) is 15.0. The van der Waals surface area contributed by atoms with E-state index in [4.69, 9.17) is 9.84 Å². The van der Waals surface area contributed by atoms with E-state index in [1.54, 1.807) is 36.6 Å². The quantitative estimate of drug-likeness (QED) is 0.552. The number of ether oxygens (including phenoxy) is 1. The third-order valence-corrected chi connectivity index (χ3v) is 5.42. The molecule has 1 aliphatic heterocycles. The number of hydrogen-bond donors (Lipinski definition) is 1. The number of hydrazine groups is 1. The molecule has 154 valence electrons. The number of pyridine rings is 1. The second-order valence-corrected chi connectivity index (χ2v) is 7.28. The fourth-order valence-corrected chi connectivity index (χ4v) is 3.90. The summed E-state index contributed by atoms with van der Waals surface area (Å²) in [6, 6.07) is 20.9. The van der Waals surface area contributed by atoms with Gasteiger partial charge in [-0.3, -0.25) is 9.78 Å². The van der Waals surface area contributed by atoms with Crippen molar-refractivity contribution >= 4 is 11.7 Å². The number of rotatable bonds is 4. The Morgan fingerprint density at radius 2 is 1.71 bits per heavy atom. The summed E-state index contributed by atoms with van der Waals surface area (Å²) in [6.45, 7) is 1.97. The van der Waals surface area contributed by atoms with Gasteiger partial charge in [0.15, 0.2) is 5.82 Å². The summed E-state index contributed by atoms with van der Waals surface area (Å²) in [5.41, 5.74) is 7.67. The highest BCUT2D eigenvalue weighted by Crippen LogP contribution is 2.41. The van der Waals surface area contributed by atoms with Crippen molar-refractivity contribution in [2.75, 3.05) is 12.1 Å². The van der Waals surface area contributed by atoms with Crippen molar-refractivity contribution in [3.8, 4) is 11.4 Å². The van der Waals surface area contributed by atoms with Crippen LogP contribution in [-0.4, -0.2) is 27.8 Å². The van der Waals surface area contributed by atoms with Crippen LogP contribution in [0.4, 0.5) is 5.82 Å². The number of carbonyl (C=O) groups excluding carboxylic acids is 1. The lowest BCUT2D eigenvalue weighted by Gasteiger charge is -2.21. The van der Waals surface area contributed by atoms with Gasteiger partial charge >= 0.3 is 0 Å². The van der Waals surface area contributed by atoms with Gasteiger partial charge in [0.05, 0.1) is 24.5 Å². The van der Waals surface area contributed by atoms with E-state index in [9.17, 15) is 4.79 Å². The zero-order valence-electron chi connectivity index (χ0n) is 17.2. The Kier molecular flexibility index (Phi) is 4.72. The molecule has 0 fully saturated rings. The summed E-state index contributed by atoms with van der Waals surface area (Å²) in [5, 5.41) is 6.37. The molecule has 1 unspecified atom stereocenters. The number of carbonyl (C=O) groups is 1. The number of benzene rings is 2. The minimum atomic E-state index is -0.218. The van der Waals surface area contributed by atoms with Gasteiger partial charge in [-0.2, -0.15) is 5.10 Å². The molecule has 2 aromatic heterocycles. The summed E-state index contributed by atoms with van der Waals surface area (Å²) in [4.78, 5) is 17.5. The maximum atomic E-state index is 13.5. The monoisotopic (exact) mass is 411 g/mol. The SMILES string of the molecule is COc1ccc(C2NN(C(=O)c3ccncc3)c3c2c(C)nn3-c2ccccc2)cc1. The van der Waals surface area contributed by atoms with Gasteiger partial charge in [0.2, 0.25) is 0 Å². The molecule has 1 aliphatic rings. The van der Waals surface area contributed by atoms with Gasteiger partial charge in [-0.25, -0.2) is 15.1 Å². The fourth-order valence-electron chi connectivity index (χ4n) is 3.90. The molecule has 2 aromatic carbocycles. The first-order chi connectivity index (χ1) is 15.2. The van der Waals surface area contributed by atoms with E-state index in [1.165, 1.54) is 0 Å². The van der Waals surface area contributed by atoms with Crippen LogP contribution in [0, 0.1) is 6.92 Å². The third-order valence-electron chi connectivity index (χ3n) is 5.42. The van der Waals surface area contributed by atoms with Crippen LogP contribution in [0.25, 0.3) is 5.69 Å².